The first kappa shape index (κ1) is 19.8. The number of aromatic nitrogens is 2. The minimum Gasteiger partial charge on any atom is -0.346 e. The minimum atomic E-state index is -0.293. The fourth-order valence-electron chi connectivity index (χ4n) is 3.76. The quantitative estimate of drug-likeness (QED) is 0.590. The average Bonchev–Trinajstić information content (AvgIpc) is 3.27. The molecule has 3 aromatic rings. The lowest BCUT2D eigenvalue weighted by Crippen LogP contribution is -2.34. The van der Waals surface area contributed by atoms with Gasteiger partial charge in [-0.15, -0.1) is 0 Å². The van der Waals surface area contributed by atoms with Gasteiger partial charge in [0.05, 0.1) is 28.2 Å². The highest BCUT2D eigenvalue weighted by molar-refractivity contribution is 6.21. The van der Waals surface area contributed by atoms with Gasteiger partial charge in [0.1, 0.15) is 5.82 Å². The van der Waals surface area contributed by atoms with Crippen molar-refractivity contribution >= 4 is 28.8 Å². The van der Waals surface area contributed by atoms with Crippen LogP contribution in [0.4, 0.5) is 0 Å². The Kier molecular flexibility index (Phi) is 5.35. The molecule has 0 saturated carbocycles. The molecule has 30 heavy (non-hydrogen) atoms. The first-order chi connectivity index (χ1) is 14.5. The molecule has 7 heteroatoms. The maximum atomic E-state index is 12.6. The summed E-state index contributed by atoms with van der Waals surface area (Å²) in [6, 6.07) is 14.3. The summed E-state index contributed by atoms with van der Waals surface area (Å²) >= 11 is 0. The van der Waals surface area contributed by atoms with Crippen LogP contribution in [0.15, 0.2) is 48.5 Å². The van der Waals surface area contributed by atoms with Crippen molar-refractivity contribution in [2.24, 2.45) is 5.92 Å². The van der Waals surface area contributed by atoms with E-state index in [9.17, 15) is 14.4 Å². The van der Waals surface area contributed by atoms with Crippen molar-refractivity contribution in [2.75, 3.05) is 6.54 Å². The Morgan fingerprint density at radius 2 is 1.67 bits per heavy atom. The summed E-state index contributed by atoms with van der Waals surface area (Å²) in [5.41, 5.74) is 2.64. The predicted molar refractivity (Wildman–Crippen MR) is 113 cm³/mol. The van der Waals surface area contributed by atoms with Gasteiger partial charge in [0.25, 0.3) is 11.8 Å². The highest BCUT2D eigenvalue weighted by Gasteiger charge is 2.34. The van der Waals surface area contributed by atoms with Gasteiger partial charge in [-0.1, -0.05) is 38.1 Å². The Hall–Kier alpha value is -3.48. The topological polar surface area (TPSA) is 95.2 Å². The van der Waals surface area contributed by atoms with E-state index >= 15 is 0 Å². The van der Waals surface area contributed by atoms with E-state index in [1.165, 1.54) is 4.90 Å². The fourth-order valence-corrected chi connectivity index (χ4v) is 3.76. The van der Waals surface area contributed by atoms with Gasteiger partial charge in [0.2, 0.25) is 5.91 Å². The second-order valence-corrected chi connectivity index (χ2v) is 7.84. The third-order valence-corrected chi connectivity index (χ3v) is 5.35. The number of hydrogen-bond acceptors (Lipinski definition) is 4. The van der Waals surface area contributed by atoms with Gasteiger partial charge in [-0.05, 0) is 36.6 Å². The predicted octanol–water partition coefficient (Wildman–Crippen LogP) is 3.45. The first-order valence-corrected chi connectivity index (χ1v) is 10.1. The molecule has 1 atom stereocenters. The molecule has 2 N–H and O–H groups in total. The van der Waals surface area contributed by atoms with E-state index in [0.717, 1.165) is 16.9 Å². The van der Waals surface area contributed by atoms with Gasteiger partial charge in [-0.2, -0.15) is 0 Å². The van der Waals surface area contributed by atoms with Crippen molar-refractivity contribution in [3.8, 4) is 0 Å². The standard InChI is InChI=1S/C23H24N4O3/c1-14(2)20(21-24-17-10-5-6-11-18(17)25-21)26-19(28)12-7-13-27-22(29)15-8-3-4-9-16(15)23(27)30/h3-6,8-11,14,20H,7,12-13H2,1-2H3,(H,24,25)(H,26,28)/t20-/m0/s1. The molecule has 154 valence electrons. The normalized spacial score (nSPS) is 14.4. The van der Waals surface area contributed by atoms with Crippen molar-refractivity contribution in [1.29, 1.82) is 0 Å². The Labute approximate surface area is 174 Å². The number of H-pyrrole nitrogens is 1. The third-order valence-electron chi connectivity index (χ3n) is 5.35. The smallest absolute Gasteiger partial charge is 0.261 e. The molecule has 2 heterocycles. The SMILES string of the molecule is CC(C)[C@H](NC(=O)CCCN1C(=O)c2ccccc2C1=O)c1nc2ccccc2[nH]1. The number of imidazole rings is 1. The Morgan fingerprint density at radius 1 is 1.03 bits per heavy atom. The highest BCUT2D eigenvalue weighted by atomic mass is 16.2. The number of fused-ring (bicyclic) bond motifs is 2. The van der Waals surface area contributed by atoms with E-state index in [4.69, 9.17) is 0 Å². The minimum absolute atomic E-state index is 0.134. The van der Waals surface area contributed by atoms with Crippen LogP contribution in [-0.4, -0.2) is 39.1 Å². The molecule has 0 fully saturated rings. The van der Waals surface area contributed by atoms with Gasteiger partial charge in [0.15, 0.2) is 0 Å². The molecule has 2 aromatic carbocycles. The zero-order valence-electron chi connectivity index (χ0n) is 17.0. The summed E-state index contributed by atoms with van der Waals surface area (Å²) in [5.74, 6) is 0.146. The van der Waals surface area contributed by atoms with Crippen molar-refractivity contribution in [2.45, 2.75) is 32.7 Å². The van der Waals surface area contributed by atoms with Crippen LogP contribution in [0.5, 0.6) is 0 Å². The molecular weight excluding hydrogens is 380 g/mol. The molecule has 0 bridgehead atoms. The van der Waals surface area contributed by atoms with E-state index in [2.05, 4.69) is 15.3 Å². The second kappa shape index (κ2) is 8.10. The first-order valence-electron chi connectivity index (χ1n) is 10.1. The lowest BCUT2D eigenvalue weighted by atomic mass is 10.0. The summed E-state index contributed by atoms with van der Waals surface area (Å²) in [5, 5.41) is 3.04. The van der Waals surface area contributed by atoms with Crippen LogP contribution < -0.4 is 5.32 Å². The van der Waals surface area contributed by atoms with Crippen molar-refractivity contribution in [1.82, 2.24) is 20.2 Å². The highest BCUT2D eigenvalue weighted by Crippen LogP contribution is 2.24. The maximum Gasteiger partial charge on any atom is 0.261 e. The van der Waals surface area contributed by atoms with Crippen LogP contribution in [-0.2, 0) is 4.79 Å². The van der Waals surface area contributed by atoms with E-state index in [1.807, 2.05) is 38.1 Å². The van der Waals surface area contributed by atoms with E-state index in [-0.39, 0.29) is 42.6 Å². The summed E-state index contributed by atoms with van der Waals surface area (Å²) in [6.07, 6.45) is 0.624. The van der Waals surface area contributed by atoms with Crippen LogP contribution in [0.2, 0.25) is 0 Å². The Bertz CT molecular complexity index is 1050. The van der Waals surface area contributed by atoms with Gasteiger partial charge < -0.3 is 10.3 Å². The van der Waals surface area contributed by atoms with Crippen molar-refractivity contribution in [3.63, 3.8) is 0 Å². The third kappa shape index (κ3) is 3.70. The number of nitrogens with one attached hydrogen (secondary N) is 2. The summed E-state index contributed by atoms with van der Waals surface area (Å²) < 4.78 is 0. The molecule has 0 aliphatic carbocycles. The van der Waals surface area contributed by atoms with Gasteiger partial charge >= 0.3 is 0 Å². The van der Waals surface area contributed by atoms with Crippen LogP contribution in [0.3, 0.4) is 0 Å². The van der Waals surface area contributed by atoms with E-state index in [0.29, 0.717) is 17.5 Å². The molecule has 1 aliphatic heterocycles. The van der Waals surface area contributed by atoms with E-state index in [1.54, 1.807) is 24.3 Å². The number of rotatable bonds is 7. The molecule has 0 saturated heterocycles. The zero-order valence-corrected chi connectivity index (χ0v) is 17.0. The van der Waals surface area contributed by atoms with Gasteiger partial charge in [-0.3, -0.25) is 19.3 Å². The average molecular weight is 404 g/mol. The number of nitrogens with zero attached hydrogens (tertiary/aromatic N) is 2. The van der Waals surface area contributed by atoms with Crippen LogP contribution >= 0.6 is 0 Å². The zero-order chi connectivity index (χ0) is 21.3. The van der Waals surface area contributed by atoms with Gasteiger partial charge in [0, 0.05) is 13.0 Å². The number of para-hydroxylation sites is 2. The lowest BCUT2D eigenvalue weighted by Gasteiger charge is -2.20. The maximum absolute atomic E-state index is 12.6. The largest absolute Gasteiger partial charge is 0.346 e. The second-order valence-electron chi connectivity index (χ2n) is 7.84. The van der Waals surface area contributed by atoms with Crippen molar-refractivity contribution < 1.29 is 14.4 Å². The van der Waals surface area contributed by atoms with Crippen LogP contribution in [0, 0.1) is 5.92 Å². The Morgan fingerprint density at radius 3 is 2.30 bits per heavy atom. The molecule has 7 nitrogen and oxygen atoms in total. The summed E-state index contributed by atoms with van der Waals surface area (Å²) in [6.45, 7) is 4.27. The Balaban J connectivity index is 1.36. The van der Waals surface area contributed by atoms with Crippen molar-refractivity contribution in [3.05, 3.63) is 65.5 Å². The number of carbonyl (C=O) groups excluding carboxylic acids is 3. The molecule has 0 radical (unpaired) electrons. The monoisotopic (exact) mass is 404 g/mol. The molecule has 1 aliphatic rings. The molecule has 4 rings (SSSR count). The number of hydrogen-bond donors (Lipinski definition) is 2. The summed E-state index contributed by atoms with van der Waals surface area (Å²) in [7, 11) is 0. The summed E-state index contributed by atoms with van der Waals surface area (Å²) in [4.78, 5) is 46.5. The number of imide groups is 1. The number of aromatic amines is 1. The molecule has 0 spiro atoms. The fraction of sp³-hybridized carbons (Fsp3) is 0.304. The number of amides is 3. The van der Waals surface area contributed by atoms with Gasteiger partial charge in [-0.25, -0.2) is 4.98 Å². The van der Waals surface area contributed by atoms with Crippen LogP contribution in [0.25, 0.3) is 11.0 Å². The number of carbonyl (C=O) groups is 3. The van der Waals surface area contributed by atoms with Crippen LogP contribution in [0.1, 0.15) is 59.3 Å². The van der Waals surface area contributed by atoms with E-state index < -0.39 is 0 Å². The molecular formula is C23H24N4O3. The lowest BCUT2D eigenvalue weighted by molar-refractivity contribution is -0.122. The molecule has 1 aromatic heterocycles. The molecule has 3 amide bonds. The number of benzene rings is 2. The molecule has 0 unspecified atom stereocenters.